The van der Waals surface area contributed by atoms with Gasteiger partial charge >= 0.3 is 12.0 Å². The summed E-state index contributed by atoms with van der Waals surface area (Å²) in [5.41, 5.74) is -0.302. The van der Waals surface area contributed by atoms with E-state index in [4.69, 9.17) is 0 Å². The maximum absolute atomic E-state index is 12.9. The van der Waals surface area contributed by atoms with Gasteiger partial charge in [-0.3, -0.25) is 9.69 Å². The highest BCUT2D eigenvalue weighted by Gasteiger charge is 2.41. The molecule has 6 heteroatoms. The summed E-state index contributed by atoms with van der Waals surface area (Å²) in [6, 6.07) is 5.15. The van der Waals surface area contributed by atoms with E-state index in [2.05, 4.69) is 5.32 Å². The number of carboxylic acids is 1. The lowest BCUT2D eigenvalue weighted by Crippen LogP contribution is -2.45. The fourth-order valence-corrected chi connectivity index (χ4v) is 2.66. The van der Waals surface area contributed by atoms with Crippen molar-refractivity contribution in [2.24, 2.45) is 5.41 Å². The summed E-state index contributed by atoms with van der Waals surface area (Å²) in [6.07, 6.45) is 2.91. The molecular weight excluding hydrogens is 275 g/mol. The summed E-state index contributed by atoms with van der Waals surface area (Å²) in [5.74, 6) is -1.23. The van der Waals surface area contributed by atoms with E-state index >= 15 is 0 Å². The number of amides is 2. The van der Waals surface area contributed by atoms with Crippen LogP contribution in [0, 0.1) is 11.2 Å². The number of nitrogens with one attached hydrogen (secondary N) is 1. The molecule has 0 atom stereocenters. The predicted octanol–water partition coefficient (Wildman–Crippen LogP) is 2.62. The lowest BCUT2D eigenvalue weighted by Gasteiger charge is -2.26. The average molecular weight is 294 g/mol. The Morgan fingerprint density at radius 2 is 1.86 bits per heavy atom. The van der Waals surface area contributed by atoms with Crippen LogP contribution in [-0.4, -0.2) is 30.7 Å². The van der Waals surface area contributed by atoms with Gasteiger partial charge in [-0.05, 0) is 37.1 Å². The molecule has 21 heavy (non-hydrogen) atoms. The Morgan fingerprint density at radius 3 is 2.38 bits per heavy atom. The first-order valence-electron chi connectivity index (χ1n) is 6.95. The average Bonchev–Trinajstić information content (AvgIpc) is 2.95. The molecule has 1 aliphatic carbocycles. The number of halogens is 1. The van der Waals surface area contributed by atoms with Gasteiger partial charge in [0.05, 0.1) is 5.41 Å². The van der Waals surface area contributed by atoms with Crippen molar-refractivity contribution >= 4 is 17.7 Å². The van der Waals surface area contributed by atoms with Crippen LogP contribution in [0.15, 0.2) is 24.3 Å². The maximum Gasteiger partial charge on any atom is 0.321 e. The highest BCUT2D eigenvalue weighted by Crippen LogP contribution is 2.37. The Kier molecular flexibility index (Phi) is 4.45. The monoisotopic (exact) mass is 294 g/mol. The largest absolute Gasteiger partial charge is 0.481 e. The number of carbonyl (C=O) groups is 2. The molecule has 1 fully saturated rings. The number of aliphatic carboxylic acids is 1. The molecular formula is C15H19FN2O3. The Bertz CT molecular complexity index is 524. The van der Waals surface area contributed by atoms with Gasteiger partial charge in [0.25, 0.3) is 0 Å². The van der Waals surface area contributed by atoms with Gasteiger partial charge in [-0.25, -0.2) is 9.18 Å². The second kappa shape index (κ2) is 6.11. The minimum Gasteiger partial charge on any atom is -0.481 e. The second-order valence-electron chi connectivity index (χ2n) is 5.49. The van der Waals surface area contributed by atoms with Gasteiger partial charge in [-0.15, -0.1) is 0 Å². The van der Waals surface area contributed by atoms with Crippen molar-refractivity contribution in [1.29, 1.82) is 0 Å². The molecule has 2 N–H and O–H groups in total. The number of carbonyl (C=O) groups excluding carboxylic acids is 1. The normalized spacial score (nSPS) is 16.5. The number of hydrogen-bond acceptors (Lipinski definition) is 2. The van der Waals surface area contributed by atoms with Crippen LogP contribution >= 0.6 is 0 Å². The first kappa shape index (κ1) is 15.3. The van der Waals surface area contributed by atoms with E-state index in [0.29, 0.717) is 18.5 Å². The zero-order chi connectivity index (χ0) is 15.5. The van der Waals surface area contributed by atoms with Gasteiger partial charge < -0.3 is 10.4 Å². The molecule has 0 unspecified atom stereocenters. The Balaban J connectivity index is 1.97. The number of nitrogens with zero attached hydrogens (tertiary/aromatic N) is 1. The first-order chi connectivity index (χ1) is 9.94. The van der Waals surface area contributed by atoms with E-state index in [0.717, 1.165) is 12.8 Å². The van der Waals surface area contributed by atoms with E-state index < -0.39 is 17.4 Å². The van der Waals surface area contributed by atoms with Crippen molar-refractivity contribution in [2.75, 3.05) is 18.5 Å². The van der Waals surface area contributed by atoms with Crippen LogP contribution in [0.5, 0.6) is 0 Å². The SMILES string of the molecule is CN(C(=O)NCC1(C(=O)O)CCCC1)c1ccc(F)cc1. The molecule has 1 aliphatic rings. The molecule has 1 aromatic rings. The standard InChI is InChI=1S/C15H19FN2O3/c1-18(12-6-4-11(16)5-7-12)14(21)17-10-15(13(19)20)8-2-3-9-15/h4-7H,2-3,8-10H2,1H3,(H,17,21)(H,19,20). The van der Waals surface area contributed by atoms with E-state index in [1.165, 1.54) is 29.2 Å². The van der Waals surface area contributed by atoms with Gasteiger partial charge in [-0.1, -0.05) is 12.8 Å². The second-order valence-corrected chi connectivity index (χ2v) is 5.49. The lowest BCUT2D eigenvalue weighted by atomic mass is 9.86. The smallest absolute Gasteiger partial charge is 0.321 e. The summed E-state index contributed by atoms with van der Waals surface area (Å²) in [6.45, 7) is 0.118. The molecule has 0 radical (unpaired) electrons. The summed E-state index contributed by atoms with van der Waals surface area (Å²) in [7, 11) is 1.56. The van der Waals surface area contributed by atoms with Crippen molar-refractivity contribution in [3.05, 3.63) is 30.1 Å². The van der Waals surface area contributed by atoms with Crippen LogP contribution in [0.25, 0.3) is 0 Å². The van der Waals surface area contributed by atoms with Crippen molar-refractivity contribution in [1.82, 2.24) is 5.32 Å². The molecule has 0 aliphatic heterocycles. The Morgan fingerprint density at radius 1 is 1.29 bits per heavy atom. The highest BCUT2D eigenvalue weighted by molar-refractivity contribution is 5.91. The van der Waals surface area contributed by atoms with Crippen LogP contribution < -0.4 is 10.2 Å². The van der Waals surface area contributed by atoms with Gasteiger partial charge in [-0.2, -0.15) is 0 Å². The molecule has 0 aromatic heterocycles. The number of benzene rings is 1. The van der Waals surface area contributed by atoms with Crippen LogP contribution in [0.1, 0.15) is 25.7 Å². The van der Waals surface area contributed by atoms with Crippen LogP contribution in [0.2, 0.25) is 0 Å². The molecule has 1 saturated carbocycles. The molecule has 0 heterocycles. The fourth-order valence-electron chi connectivity index (χ4n) is 2.66. The molecule has 2 rings (SSSR count). The number of carboxylic acid groups (broad SMARTS) is 1. The fraction of sp³-hybridized carbons (Fsp3) is 0.467. The van der Waals surface area contributed by atoms with Crippen molar-refractivity contribution in [3.63, 3.8) is 0 Å². The van der Waals surface area contributed by atoms with Gasteiger partial charge in [0.2, 0.25) is 0 Å². The first-order valence-corrected chi connectivity index (χ1v) is 6.95. The summed E-state index contributed by atoms with van der Waals surface area (Å²) in [4.78, 5) is 24.8. The minimum absolute atomic E-state index is 0.118. The van der Waals surface area contributed by atoms with Crippen molar-refractivity contribution in [3.8, 4) is 0 Å². The zero-order valence-electron chi connectivity index (χ0n) is 11.9. The summed E-state index contributed by atoms with van der Waals surface area (Å²) in [5, 5.41) is 12.0. The lowest BCUT2D eigenvalue weighted by molar-refractivity contribution is -0.148. The third-order valence-electron chi connectivity index (χ3n) is 4.11. The van der Waals surface area contributed by atoms with Gasteiger partial charge in [0.1, 0.15) is 5.82 Å². The van der Waals surface area contributed by atoms with E-state index in [-0.39, 0.29) is 12.4 Å². The third-order valence-corrected chi connectivity index (χ3v) is 4.11. The molecule has 2 amide bonds. The number of anilines is 1. The molecule has 0 spiro atoms. The molecule has 0 saturated heterocycles. The summed E-state index contributed by atoms with van der Waals surface area (Å²) < 4.78 is 12.9. The number of hydrogen-bond donors (Lipinski definition) is 2. The topological polar surface area (TPSA) is 69.6 Å². The van der Waals surface area contributed by atoms with Gasteiger partial charge in [0.15, 0.2) is 0 Å². The summed E-state index contributed by atoms with van der Waals surface area (Å²) >= 11 is 0. The highest BCUT2D eigenvalue weighted by atomic mass is 19.1. The third kappa shape index (κ3) is 3.32. The van der Waals surface area contributed by atoms with Crippen LogP contribution in [0.4, 0.5) is 14.9 Å². The number of urea groups is 1. The Hall–Kier alpha value is -2.11. The predicted molar refractivity (Wildman–Crippen MR) is 76.7 cm³/mol. The zero-order valence-corrected chi connectivity index (χ0v) is 11.9. The van der Waals surface area contributed by atoms with E-state index in [1.54, 1.807) is 7.05 Å². The van der Waals surface area contributed by atoms with E-state index in [1.807, 2.05) is 0 Å². The van der Waals surface area contributed by atoms with E-state index in [9.17, 15) is 19.1 Å². The molecule has 1 aromatic carbocycles. The molecule has 114 valence electrons. The van der Waals surface area contributed by atoms with Crippen LogP contribution in [-0.2, 0) is 4.79 Å². The Labute approximate surface area is 122 Å². The minimum atomic E-state index is -0.857. The number of rotatable bonds is 4. The molecule has 5 nitrogen and oxygen atoms in total. The molecule has 0 bridgehead atoms. The van der Waals surface area contributed by atoms with Crippen LogP contribution in [0.3, 0.4) is 0 Å². The quantitative estimate of drug-likeness (QED) is 0.897. The van der Waals surface area contributed by atoms with Gasteiger partial charge in [0, 0.05) is 19.3 Å². The maximum atomic E-state index is 12.9. The van der Waals surface area contributed by atoms with Crippen molar-refractivity contribution < 1.29 is 19.1 Å². The van der Waals surface area contributed by atoms with Crippen molar-refractivity contribution in [2.45, 2.75) is 25.7 Å².